The van der Waals surface area contributed by atoms with Crippen molar-refractivity contribution in [3.8, 4) is 0 Å². The number of nitrogens with one attached hydrogen (secondary N) is 1. The van der Waals surface area contributed by atoms with Gasteiger partial charge >= 0.3 is 0 Å². The molecule has 0 aliphatic carbocycles. The van der Waals surface area contributed by atoms with Gasteiger partial charge < -0.3 is 10.2 Å². The summed E-state index contributed by atoms with van der Waals surface area (Å²) in [5.41, 5.74) is 5.12. The number of hydrogen-bond donors (Lipinski definition) is 1. The predicted octanol–water partition coefficient (Wildman–Crippen LogP) is 4.50. The standard InChI is InChI=1S/C20H24N2OS/c1-20(2)15-9-5-6-10-16(15)21-17-11-7-8-14(18(17)20)19(23)24-13-12-22(3)4/h5-11,21H,12-13H2,1-4H3. The van der Waals surface area contributed by atoms with Gasteiger partial charge in [0.05, 0.1) is 0 Å². The fraction of sp³-hybridized carbons (Fsp3) is 0.350. The Morgan fingerprint density at radius 3 is 2.54 bits per heavy atom. The van der Waals surface area contributed by atoms with Crippen LogP contribution in [0, 0.1) is 0 Å². The van der Waals surface area contributed by atoms with Gasteiger partial charge in [-0.1, -0.05) is 55.9 Å². The minimum atomic E-state index is -0.203. The van der Waals surface area contributed by atoms with Crippen molar-refractivity contribution in [3.63, 3.8) is 0 Å². The Kier molecular flexibility index (Phi) is 4.70. The topological polar surface area (TPSA) is 32.3 Å². The second-order valence-electron chi connectivity index (χ2n) is 6.96. The van der Waals surface area contributed by atoms with E-state index in [0.717, 1.165) is 34.8 Å². The average Bonchev–Trinajstić information content (AvgIpc) is 2.54. The van der Waals surface area contributed by atoms with Crippen LogP contribution in [0.2, 0.25) is 0 Å². The molecule has 0 bridgehead atoms. The van der Waals surface area contributed by atoms with Crippen LogP contribution in [0.1, 0.15) is 35.3 Å². The molecule has 2 aromatic carbocycles. The maximum Gasteiger partial charge on any atom is 0.219 e. The van der Waals surface area contributed by atoms with Crippen LogP contribution >= 0.6 is 11.8 Å². The maximum atomic E-state index is 12.8. The van der Waals surface area contributed by atoms with Crippen molar-refractivity contribution in [2.24, 2.45) is 0 Å². The van der Waals surface area contributed by atoms with Gasteiger partial charge in [0.25, 0.3) is 0 Å². The molecule has 0 aromatic heterocycles. The maximum absolute atomic E-state index is 12.8. The third-order valence-electron chi connectivity index (χ3n) is 4.55. The van der Waals surface area contributed by atoms with Gasteiger partial charge in [0.1, 0.15) is 0 Å². The second kappa shape index (κ2) is 6.61. The molecule has 3 rings (SSSR count). The summed E-state index contributed by atoms with van der Waals surface area (Å²) < 4.78 is 0. The van der Waals surface area contributed by atoms with E-state index in [2.05, 4.69) is 48.3 Å². The molecule has 1 aliphatic heterocycles. The highest BCUT2D eigenvalue weighted by Crippen LogP contribution is 2.47. The van der Waals surface area contributed by atoms with E-state index in [0.29, 0.717) is 0 Å². The number of hydrogen-bond acceptors (Lipinski definition) is 4. The molecule has 0 spiro atoms. The van der Waals surface area contributed by atoms with Crippen LogP contribution in [0.3, 0.4) is 0 Å². The van der Waals surface area contributed by atoms with Crippen LogP contribution in [0.15, 0.2) is 42.5 Å². The largest absolute Gasteiger partial charge is 0.355 e. The van der Waals surface area contributed by atoms with Gasteiger partial charge in [-0.05, 0) is 37.4 Å². The molecular formula is C20H24N2OS. The number of anilines is 2. The molecule has 126 valence electrons. The third kappa shape index (κ3) is 3.08. The monoisotopic (exact) mass is 340 g/mol. The summed E-state index contributed by atoms with van der Waals surface area (Å²) in [7, 11) is 4.05. The Bertz CT molecular complexity index is 768. The summed E-state index contributed by atoms with van der Waals surface area (Å²) in [6, 6.07) is 14.3. The van der Waals surface area contributed by atoms with Crippen molar-refractivity contribution in [3.05, 3.63) is 59.2 Å². The van der Waals surface area contributed by atoms with Gasteiger partial charge in [0.15, 0.2) is 0 Å². The lowest BCUT2D eigenvalue weighted by molar-refractivity contribution is 0.108. The van der Waals surface area contributed by atoms with Gasteiger partial charge in [0, 0.05) is 34.7 Å². The smallest absolute Gasteiger partial charge is 0.219 e. The molecule has 0 fully saturated rings. The zero-order valence-electron chi connectivity index (χ0n) is 14.7. The van der Waals surface area contributed by atoms with Crippen molar-refractivity contribution in [1.82, 2.24) is 4.90 Å². The quantitative estimate of drug-likeness (QED) is 0.888. The number of fused-ring (bicyclic) bond motifs is 2. The first kappa shape index (κ1) is 17.1. The summed E-state index contributed by atoms with van der Waals surface area (Å²) in [5.74, 6) is 0.806. The average molecular weight is 340 g/mol. The highest BCUT2D eigenvalue weighted by molar-refractivity contribution is 8.14. The summed E-state index contributed by atoms with van der Waals surface area (Å²) in [6.07, 6.45) is 0. The van der Waals surface area contributed by atoms with E-state index in [9.17, 15) is 4.79 Å². The van der Waals surface area contributed by atoms with Gasteiger partial charge in [-0.3, -0.25) is 4.79 Å². The van der Waals surface area contributed by atoms with Crippen LogP contribution < -0.4 is 5.32 Å². The van der Waals surface area contributed by atoms with Crippen molar-refractivity contribution in [1.29, 1.82) is 0 Å². The number of carbonyl (C=O) groups excluding carboxylic acids is 1. The summed E-state index contributed by atoms with van der Waals surface area (Å²) in [6.45, 7) is 5.30. The Morgan fingerprint density at radius 1 is 1.08 bits per heavy atom. The van der Waals surface area contributed by atoms with Crippen molar-refractivity contribution in [2.75, 3.05) is 31.7 Å². The van der Waals surface area contributed by atoms with E-state index < -0.39 is 0 Å². The molecule has 1 aliphatic rings. The van der Waals surface area contributed by atoms with Crippen molar-refractivity contribution < 1.29 is 4.79 Å². The molecule has 4 heteroatoms. The molecule has 24 heavy (non-hydrogen) atoms. The third-order valence-corrected chi connectivity index (χ3v) is 5.42. The minimum absolute atomic E-state index is 0.156. The molecule has 0 saturated heterocycles. The molecule has 1 heterocycles. The lowest BCUT2D eigenvalue weighted by Crippen LogP contribution is -2.28. The SMILES string of the molecule is CN(C)CCSC(=O)c1cccc2c1C(C)(C)c1ccccc1N2. The lowest BCUT2D eigenvalue weighted by Gasteiger charge is -2.37. The van der Waals surface area contributed by atoms with Crippen LogP contribution in [0.4, 0.5) is 11.4 Å². The Labute approximate surface area is 148 Å². The molecule has 2 aromatic rings. The van der Waals surface area contributed by atoms with Gasteiger partial charge in [-0.15, -0.1) is 0 Å². The van der Waals surface area contributed by atoms with Gasteiger partial charge in [-0.2, -0.15) is 0 Å². The number of benzene rings is 2. The van der Waals surface area contributed by atoms with E-state index in [1.807, 2.05) is 32.3 Å². The molecule has 0 amide bonds. The van der Waals surface area contributed by atoms with Crippen LogP contribution in [-0.2, 0) is 5.41 Å². The van der Waals surface area contributed by atoms with Crippen molar-refractivity contribution >= 4 is 28.3 Å². The number of thioether (sulfide) groups is 1. The van der Waals surface area contributed by atoms with E-state index in [-0.39, 0.29) is 10.5 Å². The number of rotatable bonds is 4. The molecule has 0 radical (unpaired) electrons. The Morgan fingerprint density at radius 2 is 1.79 bits per heavy atom. The highest BCUT2D eigenvalue weighted by Gasteiger charge is 2.35. The summed E-state index contributed by atoms with van der Waals surface area (Å²) >= 11 is 1.40. The number of para-hydroxylation sites is 1. The summed E-state index contributed by atoms with van der Waals surface area (Å²) in [5, 5.41) is 3.65. The lowest BCUT2D eigenvalue weighted by atomic mass is 9.72. The fourth-order valence-corrected chi connectivity index (χ4v) is 4.28. The zero-order valence-corrected chi connectivity index (χ0v) is 15.5. The highest BCUT2D eigenvalue weighted by atomic mass is 32.2. The first-order valence-corrected chi connectivity index (χ1v) is 9.21. The predicted molar refractivity (Wildman–Crippen MR) is 104 cm³/mol. The van der Waals surface area contributed by atoms with E-state index in [1.165, 1.54) is 17.3 Å². The fourth-order valence-electron chi connectivity index (χ4n) is 3.32. The molecular weight excluding hydrogens is 316 g/mol. The molecule has 0 unspecified atom stereocenters. The van der Waals surface area contributed by atoms with Gasteiger partial charge in [-0.25, -0.2) is 0 Å². The zero-order chi connectivity index (χ0) is 17.3. The first-order valence-electron chi connectivity index (χ1n) is 8.23. The Hall–Kier alpha value is -1.78. The second-order valence-corrected chi connectivity index (χ2v) is 8.03. The summed E-state index contributed by atoms with van der Waals surface area (Å²) in [4.78, 5) is 14.9. The van der Waals surface area contributed by atoms with Crippen LogP contribution in [0.25, 0.3) is 0 Å². The van der Waals surface area contributed by atoms with Crippen LogP contribution in [0.5, 0.6) is 0 Å². The van der Waals surface area contributed by atoms with Crippen LogP contribution in [-0.4, -0.2) is 36.4 Å². The number of nitrogens with zero attached hydrogens (tertiary/aromatic N) is 1. The molecule has 0 atom stereocenters. The normalized spacial score (nSPS) is 14.7. The van der Waals surface area contributed by atoms with E-state index in [4.69, 9.17) is 0 Å². The Balaban J connectivity index is 1.98. The number of carbonyl (C=O) groups is 1. The van der Waals surface area contributed by atoms with E-state index in [1.54, 1.807) is 0 Å². The van der Waals surface area contributed by atoms with Gasteiger partial charge in [0.2, 0.25) is 5.12 Å². The molecule has 1 N–H and O–H groups in total. The molecule has 0 saturated carbocycles. The minimum Gasteiger partial charge on any atom is -0.355 e. The first-order chi connectivity index (χ1) is 11.4. The van der Waals surface area contributed by atoms with E-state index >= 15 is 0 Å². The molecule has 3 nitrogen and oxygen atoms in total. The van der Waals surface area contributed by atoms with Crippen molar-refractivity contribution in [2.45, 2.75) is 19.3 Å².